The van der Waals surface area contributed by atoms with E-state index in [0.717, 1.165) is 24.3 Å². The third-order valence-corrected chi connectivity index (χ3v) is 3.86. The van der Waals surface area contributed by atoms with Gasteiger partial charge < -0.3 is 4.74 Å². The Morgan fingerprint density at radius 3 is 2.62 bits per heavy atom. The lowest BCUT2D eigenvalue weighted by molar-refractivity contribution is -0.274. The molecule has 6 nitrogen and oxygen atoms in total. The SMILES string of the molecule is NNC(=O)/C=C/c1nn(Cc2ccc(F)cc2F)c2cc(OC(F)(F)F)ccc12. The van der Waals surface area contributed by atoms with Gasteiger partial charge in [0.15, 0.2) is 0 Å². The molecule has 0 saturated heterocycles. The number of nitrogens with one attached hydrogen (secondary N) is 1. The zero-order valence-electron chi connectivity index (χ0n) is 14.5. The van der Waals surface area contributed by atoms with Crippen molar-refractivity contribution >= 4 is 22.9 Å². The zero-order chi connectivity index (χ0) is 21.2. The summed E-state index contributed by atoms with van der Waals surface area (Å²) in [5.74, 6) is 2.26. The largest absolute Gasteiger partial charge is 0.573 e. The smallest absolute Gasteiger partial charge is 0.406 e. The number of carbonyl (C=O) groups excluding carboxylic acids is 1. The van der Waals surface area contributed by atoms with Crippen LogP contribution in [0.25, 0.3) is 17.0 Å². The summed E-state index contributed by atoms with van der Waals surface area (Å²) in [6.45, 7) is -0.199. The third kappa shape index (κ3) is 4.88. The molecule has 0 fully saturated rings. The standard InChI is InChI=1S/C18H13F5N4O2/c19-11-2-1-10(14(20)7-11)9-27-16-8-12(29-18(21,22)23)3-4-13(16)15(26-27)5-6-17(28)25-24/h1-8H,9,24H2,(H,25,28)/b6-5+. The number of ether oxygens (including phenoxy) is 1. The molecule has 0 spiro atoms. The second-order valence-corrected chi connectivity index (χ2v) is 5.85. The fourth-order valence-corrected chi connectivity index (χ4v) is 2.63. The van der Waals surface area contributed by atoms with E-state index in [1.807, 2.05) is 5.43 Å². The van der Waals surface area contributed by atoms with Crippen LogP contribution in [0.5, 0.6) is 5.75 Å². The molecule has 0 saturated carbocycles. The van der Waals surface area contributed by atoms with Crippen molar-refractivity contribution in [1.29, 1.82) is 0 Å². The number of amides is 1. The van der Waals surface area contributed by atoms with Crippen molar-refractivity contribution in [2.75, 3.05) is 0 Å². The predicted molar refractivity (Wildman–Crippen MR) is 93.2 cm³/mol. The predicted octanol–water partition coefficient (Wildman–Crippen LogP) is 3.26. The molecule has 3 aromatic rings. The first-order chi connectivity index (χ1) is 13.7. The van der Waals surface area contributed by atoms with Crippen LogP contribution in [-0.4, -0.2) is 22.1 Å². The van der Waals surface area contributed by atoms with Crippen molar-refractivity contribution < 1.29 is 31.5 Å². The minimum Gasteiger partial charge on any atom is -0.406 e. The van der Waals surface area contributed by atoms with Gasteiger partial charge in [0.25, 0.3) is 5.91 Å². The van der Waals surface area contributed by atoms with Gasteiger partial charge in [-0.05, 0) is 24.3 Å². The fraction of sp³-hybridized carbons (Fsp3) is 0.111. The summed E-state index contributed by atoms with van der Waals surface area (Å²) in [6, 6.07) is 6.42. The minimum atomic E-state index is -4.90. The number of hydrogen-bond donors (Lipinski definition) is 2. The number of nitrogens with zero attached hydrogens (tertiary/aromatic N) is 2. The number of hydrogen-bond acceptors (Lipinski definition) is 4. The average molecular weight is 412 g/mol. The number of aromatic nitrogens is 2. The number of halogens is 5. The fourth-order valence-electron chi connectivity index (χ4n) is 2.63. The van der Waals surface area contributed by atoms with Crippen LogP contribution in [0.15, 0.2) is 42.5 Å². The van der Waals surface area contributed by atoms with Crippen molar-refractivity contribution in [3.63, 3.8) is 0 Å². The lowest BCUT2D eigenvalue weighted by Crippen LogP contribution is -2.27. The van der Waals surface area contributed by atoms with Crippen molar-refractivity contribution in [2.45, 2.75) is 12.9 Å². The van der Waals surface area contributed by atoms with Crippen LogP contribution >= 0.6 is 0 Å². The lowest BCUT2D eigenvalue weighted by Gasteiger charge is -2.10. The summed E-state index contributed by atoms with van der Waals surface area (Å²) in [5.41, 5.74) is 2.36. The van der Waals surface area contributed by atoms with Crippen molar-refractivity contribution in [2.24, 2.45) is 5.84 Å². The summed E-state index contributed by atoms with van der Waals surface area (Å²) in [7, 11) is 0. The molecule has 0 radical (unpaired) electrons. The molecular weight excluding hydrogens is 399 g/mol. The van der Waals surface area contributed by atoms with Crippen LogP contribution in [0, 0.1) is 11.6 Å². The monoisotopic (exact) mass is 412 g/mol. The molecule has 0 bridgehead atoms. The van der Waals surface area contributed by atoms with E-state index >= 15 is 0 Å². The first-order valence-corrected chi connectivity index (χ1v) is 8.05. The summed E-state index contributed by atoms with van der Waals surface area (Å²) >= 11 is 0. The number of fused-ring (bicyclic) bond motifs is 1. The maximum absolute atomic E-state index is 14.0. The van der Waals surface area contributed by atoms with Crippen LogP contribution in [0.2, 0.25) is 0 Å². The Bertz CT molecular complexity index is 1090. The number of hydrazine groups is 1. The number of rotatable bonds is 5. The molecule has 152 valence electrons. The van der Waals surface area contributed by atoms with E-state index in [9.17, 15) is 26.7 Å². The normalized spacial score (nSPS) is 11.9. The molecule has 3 rings (SSSR count). The number of alkyl halides is 3. The second kappa shape index (κ2) is 7.87. The van der Waals surface area contributed by atoms with E-state index in [4.69, 9.17) is 5.84 Å². The highest BCUT2D eigenvalue weighted by Gasteiger charge is 2.31. The Hall–Kier alpha value is -3.47. The zero-order valence-corrected chi connectivity index (χ0v) is 14.5. The Kier molecular flexibility index (Phi) is 5.50. The quantitative estimate of drug-likeness (QED) is 0.222. The Balaban J connectivity index is 2.08. The molecule has 2 aromatic carbocycles. The number of carbonyl (C=O) groups is 1. The van der Waals surface area contributed by atoms with Crippen LogP contribution in [-0.2, 0) is 11.3 Å². The van der Waals surface area contributed by atoms with Crippen molar-refractivity contribution in [1.82, 2.24) is 15.2 Å². The summed E-state index contributed by atoms with van der Waals surface area (Å²) in [6.07, 6.45) is -2.53. The van der Waals surface area contributed by atoms with Gasteiger partial charge in [0.2, 0.25) is 0 Å². The summed E-state index contributed by atoms with van der Waals surface area (Å²) in [4.78, 5) is 11.3. The van der Waals surface area contributed by atoms with Crippen molar-refractivity contribution in [3.8, 4) is 5.75 Å². The van der Waals surface area contributed by atoms with Crippen LogP contribution in [0.4, 0.5) is 22.0 Å². The molecule has 0 atom stereocenters. The Labute approximate surface area is 160 Å². The molecule has 0 aliphatic carbocycles. The average Bonchev–Trinajstić information content (AvgIpc) is 2.97. The van der Waals surface area contributed by atoms with E-state index in [0.29, 0.717) is 11.5 Å². The first-order valence-electron chi connectivity index (χ1n) is 8.05. The van der Waals surface area contributed by atoms with Crippen LogP contribution < -0.4 is 16.0 Å². The van der Waals surface area contributed by atoms with Gasteiger partial charge in [-0.25, -0.2) is 14.6 Å². The number of nitrogens with two attached hydrogens (primary N) is 1. The van der Waals surface area contributed by atoms with E-state index < -0.39 is 29.7 Å². The lowest BCUT2D eigenvalue weighted by atomic mass is 10.1. The van der Waals surface area contributed by atoms with Gasteiger partial charge in [0.05, 0.1) is 17.8 Å². The maximum Gasteiger partial charge on any atom is 0.573 e. The Morgan fingerprint density at radius 1 is 1.21 bits per heavy atom. The molecule has 3 N–H and O–H groups in total. The van der Waals surface area contributed by atoms with E-state index in [1.54, 1.807) is 0 Å². The topological polar surface area (TPSA) is 82.2 Å². The highest BCUT2D eigenvalue weighted by Crippen LogP contribution is 2.29. The first kappa shape index (κ1) is 20.3. The molecule has 11 heteroatoms. The molecule has 0 aliphatic rings. The summed E-state index contributed by atoms with van der Waals surface area (Å²) < 4.78 is 69.9. The third-order valence-electron chi connectivity index (χ3n) is 3.86. The van der Waals surface area contributed by atoms with Gasteiger partial charge in [-0.1, -0.05) is 6.07 Å². The molecule has 1 heterocycles. The van der Waals surface area contributed by atoms with Crippen molar-refractivity contribution in [3.05, 3.63) is 65.4 Å². The molecule has 29 heavy (non-hydrogen) atoms. The highest BCUT2D eigenvalue weighted by molar-refractivity contribution is 5.95. The molecule has 1 aromatic heterocycles. The van der Waals surface area contributed by atoms with E-state index in [1.165, 1.54) is 22.9 Å². The van der Waals surface area contributed by atoms with Crippen LogP contribution in [0.3, 0.4) is 0 Å². The van der Waals surface area contributed by atoms with Gasteiger partial charge in [0, 0.05) is 29.2 Å². The molecule has 1 amide bonds. The number of benzene rings is 2. The van der Waals surface area contributed by atoms with E-state index in [2.05, 4.69) is 9.84 Å². The van der Waals surface area contributed by atoms with Gasteiger partial charge >= 0.3 is 6.36 Å². The minimum absolute atomic E-state index is 0.0631. The van der Waals surface area contributed by atoms with Gasteiger partial charge in [0.1, 0.15) is 17.4 Å². The molecular formula is C18H13F5N4O2. The van der Waals surface area contributed by atoms with Crippen LogP contribution in [0.1, 0.15) is 11.3 Å². The molecule has 0 aliphatic heterocycles. The summed E-state index contributed by atoms with van der Waals surface area (Å²) in [5, 5.41) is 4.58. The maximum atomic E-state index is 14.0. The van der Waals surface area contributed by atoms with E-state index in [-0.39, 0.29) is 23.3 Å². The molecule has 0 unspecified atom stereocenters. The van der Waals surface area contributed by atoms with Gasteiger partial charge in [-0.3, -0.25) is 14.9 Å². The Morgan fingerprint density at radius 2 is 1.97 bits per heavy atom. The highest BCUT2D eigenvalue weighted by atomic mass is 19.4. The van der Waals surface area contributed by atoms with Gasteiger partial charge in [-0.2, -0.15) is 5.10 Å². The van der Waals surface area contributed by atoms with Gasteiger partial charge in [-0.15, -0.1) is 13.2 Å². The second-order valence-electron chi connectivity index (χ2n) is 5.85.